The summed E-state index contributed by atoms with van der Waals surface area (Å²) in [4.78, 5) is 24.6. The summed E-state index contributed by atoms with van der Waals surface area (Å²) in [5.41, 5.74) is 1.65. The van der Waals surface area contributed by atoms with E-state index >= 15 is 0 Å². The number of amides is 3. The van der Waals surface area contributed by atoms with E-state index in [4.69, 9.17) is 0 Å². The summed E-state index contributed by atoms with van der Waals surface area (Å²) in [5, 5.41) is 10.7. The number of nitrogens with one attached hydrogen (secondary N) is 3. The zero-order valence-corrected chi connectivity index (χ0v) is 14.9. The van der Waals surface area contributed by atoms with Crippen molar-refractivity contribution in [2.45, 2.75) is 39.3 Å². The molecule has 24 heavy (non-hydrogen) atoms. The highest BCUT2D eigenvalue weighted by Crippen LogP contribution is 2.22. The van der Waals surface area contributed by atoms with Crippen molar-refractivity contribution in [1.29, 1.82) is 0 Å². The molecule has 3 N–H and O–H groups in total. The van der Waals surface area contributed by atoms with E-state index in [-0.39, 0.29) is 24.0 Å². The van der Waals surface area contributed by atoms with Crippen LogP contribution in [0.25, 0.3) is 0 Å². The van der Waals surface area contributed by atoms with Crippen molar-refractivity contribution in [2.75, 3.05) is 5.32 Å². The Hall–Kier alpha value is -2.34. The van der Waals surface area contributed by atoms with Crippen LogP contribution in [0.2, 0.25) is 0 Å². The van der Waals surface area contributed by atoms with E-state index in [1.54, 1.807) is 11.3 Å². The van der Waals surface area contributed by atoms with Crippen molar-refractivity contribution >= 4 is 29.0 Å². The molecular weight excluding hydrogens is 322 g/mol. The van der Waals surface area contributed by atoms with Gasteiger partial charge in [0.2, 0.25) is 5.91 Å². The van der Waals surface area contributed by atoms with Crippen LogP contribution >= 0.6 is 11.3 Å². The number of carbonyl (C=O) groups is 2. The van der Waals surface area contributed by atoms with Gasteiger partial charge in [-0.25, -0.2) is 4.79 Å². The van der Waals surface area contributed by atoms with Gasteiger partial charge in [0, 0.05) is 17.5 Å². The van der Waals surface area contributed by atoms with Gasteiger partial charge in [-0.15, -0.1) is 11.3 Å². The third kappa shape index (κ3) is 5.09. The standard InChI is InChI=1S/C18H23N3O2S/c1-4-16(17-9-6-10-24-17)21-18(23)19-12(2)14-7-5-8-15(11-14)20-13(3)22/h5-12,16H,4H2,1-3H3,(H,20,22)(H2,19,21,23)/t12-,16+/m0/s1. The first-order valence-electron chi connectivity index (χ1n) is 7.97. The van der Waals surface area contributed by atoms with Gasteiger partial charge in [0.1, 0.15) is 0 Å². The molecule has 0 fully saturated rings. The summed E-state index contributed by atoms with van der Waals surface area (Å²) in [7, 11) is 0. The SMILES string of the molecule is CC[C@@H](NC(=O)N[C@@H](C)c1cccc(NC(C)=O)c1)c1cccs1. The van der Waals surface area contributed by atoms with Crippen molar-refractivity contribution in [2.24, 2.45) is 0 Å². The lowest BCUT2D eigenvalue weighted by molar-refractivity contribution is -0.114. The van der Waals surface area contributed by atoms with Crippen molar-refractivity contribution < 1.29 is 9.59 Å². The summed E-state index contributed by atoms with van der Waals surface area (Å²) in [6, 6.07) is 11.1. The summed E-state index contributed by atoms with van der Waals surface area (Å²) < 4.78 is 0. The second-order valence-electron chi connectivity index (χ2n) is 5.62. The lowest BCUT2D eigenvalue weighted by Gasteiger charge is -2.20. The van der Waals surface area contributed by atoms with Crippen LogP contribution in [-0.4, -0.2) is 11.9 Å². The molecule has 1 heterocycles. The molecule has 0 saturated carbocycles. The maximum Gasteiger partial charge on any atom is 0.315 e. The van der Waals surface area contributed by atoms with E-state index in [2.05, 4.69) is 16.0 Å². The topological polar surface area (TPSA) is 70.2 Å². The van der Waals surface area contributed by atoms with Crippen molar-refractivity contribution in [3.05, 3.63) is 52.2 Å². The summed E-state index contributed by atoms with van der Waals surface area (Å²) in [5.74, 6) is -0.118. The van der Waals surface area contributed by atoms with Gasteiger partial charge in [-0.3, -0.25) is 4.79 Å². The van der Waals surface area contributed by atoms with Gasteiger partial charge in [0.05, 0.1) is 12.1 Å². The highest BCUT2D eigenvalue weighted by molar-refractivity contribution is 7.10. The van der Waals surface area contributed by atoms with Crippen LogP contribution < -0.4 is 16.0 Å². The van der Waals surface area contributed by atoms with Gasteiger partial charge in [-0.2, -0.15) is 0 Å². The first-order chi connectivity index (χ1) is 11.5. The molecule has 2 aromatic rings. The monoisotopic (exact) mass is 345 g/mol. The fourth-order valence-electron chi connectivity index (χ4n) is 2.43. The fourth-order valence-corrected chi connectivity index (χ4v) is 3.29. The molecule has 0 radical (unpaired) electrons. The van der Waals surface area contributed by atoms with E-state index < -0.39 is 0 Å². The highest BCUT2D eigenvalue weighted by atomic mass is 32.1. The van der Waals surface area contributed by atoms with Crippen LogP contribution in [0.1, 0.15) is 49.7 Å². The number of benzene rings is 1. The van der Waals surface area contributed by atoms with Crippen LogP contribution in [0.3, 0.4) is 0 Å². The fraction of sp³-hybridized carbons (Fsp3) is 0.333. The Kier molecular flexibility index (Phi) is 6.37. The smallest absolute Gasteiger partial charge is 0.315 e. The van der Waals surface area contributed by atoms with E-state index in [1.165, 1.54) is 6.92 Å². The highest BCUT2D eigenvalue weighted by Gasteiger charge is 2.15. The largest absolute Gasteiger partial charge is 0.332 e. The van der Waals surface area contributed by atoms with Gasteiger partial charge >= 0.3 is 6.03 Å². The molecule has 0 unspecified atom stereocenters. The molecule has 0 spiro atoms. The Balaban J connectivity index is 1.97. The molecule has 0 aliphatic carbocycles. The Morgan fingerprint density at radius 3 is 2.58 bits per heavy atom. The normalized spacial score (nSPS) is 13.0. The van der Waals surface area contributed by atoms with Gasteiger partial charge in [-0.1, -0.05) is 25.1 Å². The van der Waals surface area contributed by atoms with Crippen molar-refractivity contribution in [3.8, 4) is 0 Å². The Morgan fingerprint density at radius 2 is 1.96 bits per heavy atom. The van der Waals surface area contributed by atoms with Crippen LogP contribution in [0.4, 0.5) is 10.5 Å². The summed E-state index contributed by atoms with van der Waals surface area (Å²) in [6.07, 6.45) is 0.834. The van der Waals surface area contributed by atoms with Gasteiger partial charge in [0.25, 0.3) is 0 Å². The van der Waals surface area contributed by atoms with Gasteiger partial charge in [0.15, 0.2) is 0 Å². The lowest BCUT2D eigenvalue weighted by atomic mass is 10.1. The molecule has 128 valence electrons. The molecule has 2 atom stereocenters. The van der Waals surface area contributed by atoms with Gasteiger partial charge < -0.3 is 16.0 Å². The molecule has 3 amide bonds. The minimum atomic E-state index is -0.201. The molecular formula is C18H23N3O2S. The molecule has 2 rings (SSSR count). The molecule has 6 heteroatoms. The van der Waals surface area contributed by atoms with E-state index in [1.807, 2.05) is 55.6 Å². The minimum Gasteiger partial charge on any atom is -0.332 e. The number of hydrogen-bond donors (Lipinski definition) is 3. The Bertz CT molecular complexity index is 685. The number of carbonyl (C=O) groups excluding carboxylic acids is 2. The third-order valence-electron chi connectivity index (χ3n) is 3.65. The predicted molar refractivity (Wildman–Crippen MR) is 98.2 cm³/mol. The van der Waals surface area contributed by atoms with E-state index in [0.29, 0.717) is 0 Å². The predicted octanol–water partition coefficient (Wildman–Crippen LogP) is 4.22. The number of anilines is 1. The zero-order valence-electron chi connectivity index (χ0n) is 14.1. The molecule has 0 aliphatic rings. The second-order valence-corrected chi connectivity index (χ2v) is 6.60. The van der Waals surface area contributed by atoms with E-state index in [0.717, 1.165) is 22.5 Å². The Morgan fingerprint density at radius 1 is 1.17 bits per heavy atom. The van der Waals surface area contributed by atoms with Crippen LogP contribution in [0.5, 0.6) is 0 Å². The third-order valence-corrected chi connectivity index (χ3v) is 4.64. The maximum atomic E-state index is 12.3. The van der Waals surface area contributed by atoms with E-state index in [9.17, 15) is 9.59 Å². The van der Waals surface area contributed by atoms with Crippen LogP contribution in [-0.2, 0) is 4.79 Å². The first-order valence-corrected chi connectivity index (χ1v) is 8.85. The first kappa shape index (κ1) is 18.0. The molecule has 0 bridgehead atoms. The summed E-state index contributed by atoms with van der Waals surface area (Å²) >= 11 is 1.64. The number of urea groups is 1. The average molecular weight is 345 g/mol. The zero-order chi connectivity index (χ0) is 17.5. The lowest BCUT2D eigenvalue weighted by Crippen LogP contribution is -2.38. The summed E-state index contributed by atoms with van der Waals surface area (Å²) in [6.45, 7) is 5.43. The second kappa shape index (κ2) is 8.49. The molecule has 5 nitrogen and oxygen atoms in total. The average Bonchev–Trinajstić information content (AvgIpc) is 3.06. The minimum absolute atomic E-state index is 0.0166. The quantitative estimate of drug-likeness (QED) is 0.733. The van der Waals surface area contributed by atoms with Crippen molar-refractivity contribution in [1.82, 2.24) is 10.6 Å². The van der Waals surface area contributed by atoms with Crippen LogP contribution in [0, 0.1) is 0 Å². The van der Waals surface area contributed by atoms with Gasteiger partial charge in [-0.05, 0) is 42.5 Å². The number of thiophene rings is 1. The molecule has 1 aromatic heterocycles. The molecule has 1 aromatic carbocycles. The Labute approximate surface area is 146 Å². The number of rotatable bonds is 6. The molecule has 0 saturated heterocycles. The van der Waals surface area contributed by atoms with Crippen LogP contribution in [0.15, 0.2) is 41.8 Å². The molecule has 0 aliphatic heterocycles. The number of hydrogen-bond acceptors (Lipinski definition) is 3. The van der Waals surface area contributed by atoms with Crippen molar-refractivity contribution in [3.63, 3.8) is 0 Å². The maximum absolute atomic E-state index is 12.3.